The fourth-order valence-electron chi connectivity index (χ4n) is 3.90. The monoisotopic (exact) mass is 273 g/mol. The molecule has 1 fully saturated rings. The standard InChI is InChI=1S/C17H23NO2/c1-16(2)15(17(16,3)4)14(20)10-6-7-12-11(8-10)9-13(19)18(12)5/h6-8,14-15,20H,9H2,1-5H3. The minimum Gasteiger partial charge on any atom is -0.388 e. The van der Waals surface area contributed by atoms with Crippen molar-refractivity contribution in [3.63, 3.8) is 0 Å². The van der Waals surface area contributed by atoms with Gasteiger partial charge < -0.3 is 10.0 Å². The van der Waals surface area contributed by atoms with Gasteiger partial charge in [-0.25, -0.2) is 0 Å². The molecule has 0 saturated heterocycles. The molecule has 0 radical (unpaired) electrons. The minimum absolute atomic E-state index is 0.124. The summed E-state index contributed by atoms with van der Waals surface area (Å²) in [6.45, 7) is 8.86. The van der Waals surface area contributed by atoms with Crippen LogP contribution in [0.3, 0.4) is 0 Å². The van der Waals surface area contributed by atoms with E-state index in [1.54, 1.807) is 11.9 Å². The van der Waals surface area contributed by atoms with Gasteiger partial charge in [0.1, 0.15) is 0 Å². The first kappa shape index (κ1) is 13.6. The van der Waals surface area contributed by atoms with Crippen LogP contribution in [0.5, 0.6) is 0 Å². The third-order valence-electron chi connectivity index (χ3n) is 5.97. The van der Waals surface area contributed by atoms with Crippen LogP contribution < -0.4 is 4.90 Å². The lowest BCUT2D eigenvalue weighted by molar-refractivity contribution is -0.117. The van der Waals surface area contributed by atoms with E-state index < -0.39 is 6.10 Å². The Morgan fingerprint density at radius 2 is 1.85 bits per heavy atom. The summed E-state index contributed by atoms with van der Waals surface area (Å²) in [5, 5.41) is 10.7. The smallest absolute Gasteiger partial charge is 0.231 e. The lowest BCUT2D eigenvalue weighted by Gasteiger charge is -2.15. The molecular formula is C17H23NO2. The number of nitrogens with zero attached hydrogens (tertiary/aromatic N) is 1. The zero-order valence-electron chi connectivity index (χ0n) is 12.9. The molecule has 1 aliphatic heterocycles. The van der Waals surface area contributed by atoms with Crippen molar-refractivity contribution >= 4 is 11.6 Å². The third kappa shape index (κ3) is 1.59. The summed E-state index contributed by atoms with van der Waals surface area (Å²) in [5.41, 5.74) is 3.25. The Morgan fingerprint density at radius 1 is 1.25 bits per heavy atom. The molecule has 0 spiro atoms. The first-order chi connectivity index (χ1) is 9.18. The summed E-state index contributed by atoms with van der Waals surface area (Å²) in [6, 6.07) is 5.93. The average molecular weight is 273 g/mol. The molecule has 20 heavy (non-hydrogen) atoms. The van der Waals surface area contributed by atoms with Crippen molar-refractivity contribution in [2.45, 2.75) is 40.2 Å². The van der Waals surface area contributed by atoms with Crippen LogP contribution in [0.15, 0.2) is 18.2 Å². The topological polar surface area (TPSA) is 40.5 Å². The van der Waals surface area contributed by atoms with Gasteiger partial charge in [0.2, 0.25) is 5.91 Å². The fraction of sp³-hybridized carbons (Fsp3) is 0.588. The van der Waals surface area contributed by atoms with E-state index in [1.807, 2.05) is 18.2 Å². The van der Waals surface area contributed by atoms with Gasteiger partial charge in [-0.15, -0.1) is 0 Å². The molecule has 1 saturated carbocycles. The van der Waals surface area contributed by atoms with Crippen LogP contribution in [0.1, 0.15) is 44.9 Å². The van der Waals surface area contributed by atoms with Crippen molar-refractivity contribution in [1.82, 2.24) is 0 Å². The van der Waals surface area contributed by atoms with Gasteiger partial charge in [0.25, 0.3) is 0 Å². The molecule has 1 amide bonds. The molecule has 1 atom stereocenters. The molecule has 1 heterocycles. The number of anilines is 1. The van der Waals surface area contributed by atoms with Gasteiger partial charge in [-0.2, -0.15) is 0 Å². The molecule has 1 aromatic rings. The maximum absolute atomic E-state index is 11.7. The highest BCUT2D eigenvalue weighted by Crippen LogP contribution is 2.72. The Hall–Kier alpha value is -1.35. The van der Waals surface area contributed by atoms with Crippen LogP contribution in [-0.4, -0.2) is 18.1 Å². The second-order valence-electron chi connectivity index (χ2n) is 7.38. The van der Waals surface area contributed by atoms with Gasteiger partial charge in [-0.3, -0.25) is 4.79 Å². The minimum atomic E-state index is -0.452. The van der Waals surface area contributed by atoms with E-state index in [0.29, 0.717) is 6.42 Å². The number of benzene rings is 1. The third-order valence-corrected chi connectivity index (χ3v) is 5.97. The molecule has 1 aliphatic carbocycles. The number of carbonyl (C=O) groups is 1. The zero-order valence-corrected chi connectivity index (χ0v) is 12.9. The summed E-state index contributed by atoms with van der Waals surface area (Å²) in [4.78, 5) is 13.4. The highest BCUT2D eigenvalue weighted by molar-refractivity contribution is 6.00. The van der Waals surface area contributed by atoms with E-state index >= 15 is 0 Å². The number of amides is 1. The number of likely N-dealkylation sites (N-methyl/N-ethyl adjacent to an activating group) is 1. The summed E-state index contributed by atoms with van der Waals surface area (Å²) in [7, 11) is 1.80. The number of aliphatic hydroxyl groups is 1. The Labute approximate surface area is 120 Å². The van der Waals surface area contributed by atoms with E-state index in [9.17, 15) is 9.90 Å². The maximum atomic E-state index is 11.7. The van der Waals surface area contributed by atoms with E-state index in [2.05, 4.69) is 27.7 Å². The SMILES string of the molecule is CN1C(=O)Cc2cc(C(O)C3C(C)(C)C3(C)C)ccc21. The van der Waals surface area contributed by atoms with Gasteiger partial charge in [-0.05, 0) is 28.0 Å². The van der Waals surface area contributed by atoms with Crippen LogP contribution in [0.2, 0.25) is 0 Å². The van der Waals surface area contributed by atoms with Crippen LogP contribution in [0.25, 0.3) is 0 Å². The molecule has 1 aromatic carbocycles. The van der Waals surface area contributed by atoms with Crippen molar-refractivity contribution in [1.29, 1.82) is 0 Å². The van der Waals surface area contributed by atoms with E-state index in [4.69, 9.17) is 0 Å². The predicted molar refractivity (Wildman–Crippen MR) is 79.6 cm³/mol. The Morgan fingerprint density at radius 3 is 2.40 bits per heavy atom. The highest BCUT2D eigenvalue weighted by atomic mass is 16.3. The number of fused-ring (bicyclic) bond motifs is 1. The van der Waals surface area contributed by atoms with Crippen LogP contribution >= 0.6 is 0 Å². The summed E-state index contributed by atoms with van der Waals surface area (Å²) < 4.78 is 0. The number of aliphatic hydroxyl groups excluding tert-OH is 1. The number of hydrogen-bond acceptors (Lipinski definition) is 2. The Bertz CT molecular complexity index is 575. The normalized spacial score (nSPS) is 24.7. The van der Waals surface area contributed by atoms with Crippen molar-refractivity contribution in [3.05, 3.63) is 29.3 Å². The number of rotatable bonds is 2. The van der Waals surface area contributed by atoms with Crippen molar-refractivity contribution in [3.8, 4) is 0 Å². The molecule has 3 nitrogen and oxygen atoms in total. The largest absolute Gasteiger partial charge is 0.388 e. The predicted octanol–water partition coefficient (Wildman–Crippen LogP) is 2.92. The molecule has 0 aromatic heterocycles. The number of hydrogen-bond donors (Lipinski definition) is 1. The summed E-state index contributed by atoms with van der Waals surface area (Å²) in [6.07, 6.45) is -0.00423. The lowest BCUT2D eigenvalue weighted by Crippen LogP contribution is -2.20. The lowest BCUT2D eigenvalue weighted by atomic mass is 9.97. The van der Waals surface area contributed by atoms with Gasteiger partial charge in [0, 0.05) is 18.7 Å². The summed E-state index contributed by atoms with van der Waals surface area (Å²) in [5.74, 6) is 0.390. The van der Waals surface area contributed by atoms with Crippen LogP contribution in [-0.2, 0) is 11.2 Å². The van der Waals surface area contributed by atoms with Crippen molar-refractivity contribution < 1.29 is 9.90 Å². The molecule has 0 bridgehead atoms. The summed E-state index contributed by atoms with van der Waals surface area (Å²) >= 11 is 0. The van der Waals surface area contributed by atoms with Crippen molar-refractivity contribution in [2.24, 2.45) is 16.7 Å². The number of carbonyl (C=O) groups excluding carboxylic acids is 1. The maximum Gasteiger partial charge on any atom is 0.231 e. The molecule has 3 rings (SSSR count). The second-order valence-corrected chi connectivity index (χ2v) is 7.38. The van der Waals surface area contributed by atoms with E-state index in [1.165, 1.54) is 0 Å². The molecule has 1 unspecified atom stereocenters. The zero-order chi connectivity index (χ0) is 14.9. The average Bonchev–Trinajstić information content (AvgIpc) is 2.61. The molecular weight excluding hydrogens is 250 g/mol. The van der Waals surface area contributed by atoms with Gasteiger partial charge >= 0.3 is 0 Å². The van der Waals surface area contributed by atoms with Gasteiger partial charge in [0.05, 0.1) is 12.5 Å². The molecule has 2 aliphatic rings. The Balaban J connectivity index is 1.91. The van der Waals surface area contributed by atoms with Crippen LogP contribution in [0, 0.1) is 16.7 Å². The first-order valence-electron chi connectivity index (χ1n) is 7.25. The van der Waals surface area contributed by atoms with Gasteiger partial charge in [-0.1, -0.05) is 39.8 Å². The molecule has 1 N–H and O–H groups in total. The van der Waals surface area contributed by atoms with E-state index in [0.717, 1.165) is 16.8 Å². The first-order valence-corrected chi connectivity index (χ1v) is 7.25. The fourth-order valence-corrected chi connectivity index (χ4v) is 3.90. The van der Waals surface area contributed by atoms with Gasteiger partial charge in [0.15, 0.2) is 0 Å². The second kappa shape index (κ2) is 3.85. The Kier molecular flexibility index (Phi) is 2.62. The molecule has 108 valence electrons. The quantitative estimate of drug-likeness (QED) is 0.900. The molecule has 3 heteroatoms. The highest BCUT2D eigenvalue weighted by Gasteiger charge is 2.67. The van der Waals surface area contributed by atoms with E-state index in [-0.39, 0.29) is 22.7 Å². The van der Waals surface area contributed by atoms with Crippen LogP contribution in [0.4, 0.5) is 5.69 Å². The van der Waals surface area contributed by atoms with Crippen molar-refractivity contribution in [2.75, 3.05) is 11.9 Å².